The second kappa shape index (κ2) is 8.39. The Hall–Kier alpha value is -2.49. The molecular formula is C17H29N5O2. The van der Waals surface area contributed by atoms with E-state index in [1.165, 1.54) is 5.01 Å². The lowest BCUT2D eigenvalue weighted by molar-refractivity contribution is 0.0391. The highest BCUT2D eigenvalue weighted by Crippen LogP contribution is 2.16. The topological polar surface area (TPSA) is 104 Å². The molecule has 0 radical (unpaired) electrons. The maximum Gasteiger partial charge on any atom is 0.426 e. The molecule has 0 aromatic heterocycles. The van der Waals surface area contributed by atoms with Gasteiger partial charge in [0, 0.05) is 18.3 Å². The molecule has 0 saturated carbocycles. The lowest BCUT2D eigenvalue weighted by atomic mass is 9.96. The van der Waals surface area contributed by atoms with E-state index in [0.29, 0.717) is 18.1 Å². The summed E-state index contributed by atoms with van der Waals surface area (Å²) in [6.07, 6.45) is 0.941. The van der Waals surface area contributed by atoms with Crippen molar-refractivity contribution in [1.29, 1.82) is 5.26 Å². The summed E-state index contributed by atoms with van der Waals surface area (Å²) in [6, 6.07) is 1.86. The van der Waals surface area contributed by atoms with Gasteiger partial charge in [-0.2, -0.15) is 5.26 Å². The first-order valence-corrected chi connectivity index (χ1v) is 7.62. The van der Waals surface area contributed by atoms with Crippen LogP contribution in [0.25, 0.3) is 0 Å². The van der Waals surface area contributed by atoms with E-state index in [4.69, 9.17) is 15.7 Å². The number of ether oxygens (including phenoxy) is 1. The number of nitrogens with one attached hydrogen (secondary N) is 1. The Bertz CT molecular complexity index is 567. The van der Waals surface area contributed by atoms with Gasteiger partial charge in [0.25, 0.3) is 0 Å². The molecule has 0 aliphatic carbocycles. The molecule has 0 aliphatic rings. The second-order valence-corrected chi connectivity index (χ2v) is 7.68. The van der Waals surface area contributed by atoms with E-state index in [1.54, 1.807) is 33.8 Å². The molecule has 7 heteroatoms. The summed E-state index contributed by atoms with van der Waals surface area (Å²) in [7, 11) is 0. The van der Waals surface area contributed by atoms with Crippen LogP contribution in [0.3, 0.4) is 0 Å². The number of nitriles is 1. The highest BCUT2D eigenvalue weighted by molar-refractivity contribution is 5.95. The molecule has 0 heterocycles. The average Bonchev–Trinajstić information content (AvgIpc) is 2.32. The van der Waals surface area contributed by atoms with Gasteiger partial charge in [0.1, 0.15) is 23.2 Å². The van der Waals surface area contributed by atoms with Crippen LogP contribution in [-0.2, 0) is 4.74 Å². The summed E-state index contributed by atoms with van der Waals surface area (Å²) in [4.78, 5) is 16.3. The zero-order valence-corrected chi connectivity index (χ0v) is 15.7. The highest BCUT2D eigenvalue weighted by atomic mass is 16.6. The summed E-state index contributed by atoms with van der Waals surface area (Å²) >= 11 is 0. The number of allylic oxidation sites excluding steroid dienone is 2. The van der Waals surface area contributed by atoms with E-state index < -0.39 is 11.7 Å². The van der Waals surface area contributed by atoms with E-state index in [2.05, 4.69) is 17.0 Å². The van der Waals surface area contributed by atoms with Crippen LogP contribution in [0, 0.1) is 16.7 Å². The number of hydrazine groups is 1. The molecular weight excluding hydrogens is 306 g/mol. The minimum absolute atomic E-state index is 0.00685. The quantitative estimate of drug-likeness (QED) is 0.357. The number of rotatable bonds is 3. The molecule has 24 heavy (non-hydrogen) atoms. The first-order valence-electron chi connectivity index (χ1n) is 7.62. The molecule has 1 amide bonds. The molecule has 0 unspecified atom stereocenters. The van der Waals surface area contributed by atoms with Crippen LogP contribution in [0.5, 0.6) is 0 Å². The number of amides is 1. The fourth-order valence-electron chi connectivity index (χ4n) is 1.60. The second-order valence-electron chi connectivity index (χ2n) is 7.68. The standard InChI is InChI=1S/C17H29N5O2/c1-12(19)9-14(20-13(2)10-18)22(11-16(3,4)5)21-15(23)24-17(6,7)8/h9H,2,11,19H2,1,3-8H3,(H,21,23)/b12-9-,20-14+. The van der Waals surface area contributed by atoms with Gasteiger partial charge in [-0.1, -0.05) is 27.4 Å². The van der Waals surface area contributed by atoms with Gasteiger partial charge < -0.3 is 10.5 Å². The van der Waals surface area contributed by atoms with E-state index in [9.17, 15) is 4.79 Å². The smallest absolute Gasteiger partial charge is 0.426 e. The zero-order chi connectivity index (χ0) is 19.1. The van der Waals surface area contributed by atoms with Crippen molar-refractivity contribution in [1.82, 2.24) is 10.4 Å². The van der Waals surface area contributed by atoms with E-state index >= 15 is 0 Å². The lowest BCUT2D eigenvalue weighted by Gasteiger charge is -2.32. The Morgan fingerprint density at radius 3 is 2.29 bits per heavy atom. The Balaban J connectivity index is 5.68. The van der Waals surface area contributed by atoms with Gasteiger partial charge in [0.05, 0.1) is 0 Å². The van der Waals surface area contributed by atoms with E-state index in [1.807, 2.05) is 26.8 Å². The number of nitrogens with two attached hydrogens (primary N) is 1. The third kappa shape index (κ3) is 10.3. The first kappa shape index (κ1) is 21.5. The zero-order valence-electron chi connectivity index (χ0n) is 15.7. The molecule has 0 fully saturated rings. The molecule has 0 aromatic rings. The fourth-order valence-corrected chi connectivity index (χ4v) is 1.60. The molecule has 0 atom stereocenters. The maximum absolute atomic E-state index is 12.1. The summed E-state index contributed by atoms with van der Waals surface area (Å²) in [5, 5.41) is 10.4. The summed E-state index contributed by atoms with van der Waals surface area (Å²) in [6.45, 7) is 17.0. The molecule has 3 N–H and O–H groups in total. The Kier molecular flexibility index (Phi) is 7.52. The first-order chi connectivity index (χ1) is 10.7. The van der Waals surface area contributed by atoms with E-state index in [0.717, 1.165) is 0 Å². The average molecular weight is 335 g/mol. The number of carbonyl (C=O) groups is 1. The molecule has 0 aromatic carbocycles. The van der Waals surface area contributed by atoms with Crippen LogP contribution < -0.4 is 11.2 Å². The number of hydrogen-bond donors (Lipinski definition) is 2. The monoisotopic (exact) mass is 335 g/mol. The third-order valence-corrected chi connectivity index (χ3v) is 2.27. The normalized spacial score (nSPS) is 13.1. The summed E-state index contributed by atoms with van der Waals surface area (Å²) < 4.78 is 5.28. The largest absolute Gasteiger partial charge is 0.443 e. The Morgan fingerprint density at radius 1 is 1.38 bits per heavy atom. The number of aliphatic imine (C=N–C) groups is 1. The van der Waals surface area contributed by atoms with Crippen LogP contribution in [0.1, 0.15) is 48.5 Å². The minimum atomic E-state index is -0.634. The third-order valence-electron chi connectivity index (χ3n) is 2.27. The SMILES string of the molecule is C=C(C#N)/N=C(\C=C(\C)N)N(CC(C)(C)C)NC(=O)OC(C)(C)C. The van der Waals surface area contributed by atoms with Gasteiger partial charge in [-0.3, -0.25) is 5.01 Å². The Morgan fingerprint density at radius 2 is 1.92 bits per heavy atom. The number of hydrogen-bond acceptors (Lipinski definition) is 5. The lowest BCUT2D eigenvalue weighted by Crippen LogP contribution is -2.50. The Labute approximate surface area is 144 Å². The van der Waals surface area contributed by atoms with Crippen LogP contribution in [0.4, 0.5) is 4.79 Å². The van der Waals surface area contributed by atoms with Crippen LogP contribution in [-0.4, -0.2) is 29.1 Å². The molecule has 0 spiro atoms. The number of carbonyl (C=O) groups excluding carboxylic acids is 1. The molecule has 0 saturated heterocycles. The van der Waals surface area contributed by atoms with Crippen LogP contribution in [0.2, 0.25) is 0 Å². The highest BCUT2D eigenvalue weighted by Gasteiger charge is 2.24. The summed E-state index contributed by atoms with van der Waals surface area (Å²) in [5.41, 5.74) is 8.08. The molecule has 134 valence electrons. The predicted octanol–water partition coefficient (Wildman–Crippen LogP) is 3.07. The van der Waals surface area contributed by atoms with Gasteiger partial charge in [-0.05, 0) is 33.1 Å². The van der Waals surface area contributed by atoms with Crippen LogP contribution >= 0.6 is 0 Å². The van der Waals surface area contributed by atoms with Crippen molar-refractivity contribution < 1.29 is 9.53 Å². The number of nitrogens with zero attached hydrogens (tertiary/aromatic N) is 3. The van der Waals surface area contributed by atoms with Gasteiger partial charge in [0.2, 0.25) is 0 Å². The number of amidine groups is 1. The molecule has 7 nitrogen and oxygen atoms in total. The summed E-state index contributed by atoms with van der Waals surface area (Å²) in [5.74, 6) is 0.308. The minimum Gasteiger partial charge on any atom is -0.443 e. The predicted molar refractivity (Wildman–Crippen MR) is 95.7 cm³/mol. The van der Waals surface area contributed by atoms with Gasteiger partial charge in [-0.15, -0.1) is 0 Å². The van der Waals surface area contributed by atoms with Crippen molar-refractivity contribution in [2.75, 3.05) is 6.54 Å². The van der Waals surface area contributed by atoms with Crippen molar-refractivity contribution in [3.05, 3.63) is 24.0 Å². The van der Waals surface area contributed by atoms with Crippen molar-refractivity contribution in [3.63, 3.8) is 0 Å². The molecule has 0 bridgehead atoms. The van der Waals surface area contributed by atoms with Crippen molar-refractivity contribution >= 4 is 11.9 Å². The van der Waals surface area contributed by atoms with Crippen molar-refractivity contribution in [2.24, 2.45) is 16.1 Å². The fraction of sp³-hybridized carbons (Fsp3) is 0.588. The molecule has 0 aliphatic heterocycles. The van der Waals surface area contributed by atoms with Crippen molar-refractivity contribution in [2.45, 2.75) is 54.1 Å². The van der Waals surface area contributed by atoms with Crippen molar-refractivity contribution in [3.8, 4) is 6.07 Å². The van der Waals surface area contributed by atoms with Crippen LogP contribution in [0.15, 0.2) is 29.0 Å². The van der Waals surface area contributed by atoms with Gasteiger partial charge in [-0.25, -0.2) is 15.2 Å². The maximum atomic E-state index is 12.1. The molecule has 0 rings (SSSR count). The van der Waals surface area contributed by atoms with E-state index in [-0.39, 0.29) is 11.1 Å². The van der Waals surface area contributed by atoms with Gasteiger partial charge >= 0.3 is 6.09 Å². The van der Waals surface area contributed by atoms with Gasteiger partial charge in [0.15, 0.2) is 0 Å².